The van der Waals surface area contributed by atoms with Crippen molar-refractivity contribution in [3.8, 4) is 11.1 Å². The topological polar surface area (TPSA) is 132 Å². The fourth-order valence-electron chi connectivity index (χ4n) is 4.20. The summed E-state index contributed by atoms with van der Waals surface area (Å²) in [6.07, 6.45) is 0.872. The number of benzene rings is 2. The van der Waals surface area contributed by atoms with E-state index in [1.54, 1.807) is 12.1 Å². The number of ether oxygens (including phenoxy) is 1. The number of carbonyl (C=O) groups is 3. The van der Waals surface area contributed by atoms with Gasteiger partial charge in [-0.25, -0.2) is 9.59 Å². The normalized spacial score (nSPS) is 13.0. The molecule has 0 saturated carbocycles. The molecular weight excluding hydrogens is 422 g/mol. The molecule has 1 aromatic heterocycles. The Kier molecular flexibility index (Phi) is 6.35. The lowest BCUT2D eigenvalue weighted by molar-refractivity contribution is -0.139. The van der Waals surface area contributed by atoms with Crippen molar-refractivity contribution in [2.24, 2.45) is 5.73 Å². The molecule has 0 saturated heterocycles. The zero-order chi connectivity index (χ0) is 23.4. The van der Waals surface area contributed by atoms with E-state index in [1.807, 2.05) is 48.5 Å². The molecule has 0 aliphatic heterocycles. The third kappa shape index (κ3) is 4.69. The third-order valence-corrected chi connectivity index (χ3v) is 5.76. The van der Waals surface area contributed by atoms with E-state index in [4.69, 9.17) is 10.5 Å². The quantitative estimate of drug-likeness (QED) is 0.488. The summed E-state index contributed by atoms with van der Waals surface area (Å²) in [5.41, 5.74) is 10.3. The van der Waals surface area contributed by atoms with Crippen LogP contribution in [0.1, 0.15) is 39.5 Å². The summed E-state index contributed by atoms with van der Waals surface area (Å²) in [4.78, 5) is 39.6. The van der Waals surface area contributed by atoms with Gasteiger partial charge in [0.05, 0.1) is 0 Å². The predicted octanol–water partition coefficient (Wildman–Crippen LogP) is 3.11. The van der Waals surface area contributed by atoms with E-state index >= 15 is 0 Å². The number of amides is 2. The number of hydrogen-bond donors (Lipinski definition) is 3. The lowest BCUT2D eigenvalue weighted by atomic mass is 9.98. The zero-order valence-corrected chi connectivity index (χ0v) is 17.7. The number of rotatable bonds is 8. The molecule has 0 unspecified atom stereocenters. The van der Waals surface area contributed by atoms with Gasteiger partial charge in [0.25, 0.3) is 5.91 Å². The summed E-state index contributed by atoms with van der Waals surface area (Å²) < 4.78 is 5.43. The second-order valence-corrected chi connectivity index (χ2v) is 7.77. The first-order valence-corrected chi connectivity index (χ1v) is 10.5. The molecule has 1 heterocycles. The highest BCUT2D eigenvalue weighted by atomic mass is 16.5. The van der Waals surface area contributed by atoms with Gasteiger partial charge in [0.1, 0.15) is 18.3 Å². The van der Waals surface area contributed by atoms with Gasteiger partial charge in [0.15, 0.2) is 0 Å². The van der Waals surface area contributed by atoms with E-state index in [0.29, 0.717) is 5.56 Å². The number of aryl methyl sites for hydroxylation is 1. The molecule has 1 aliphatic rings. The molecule has 3 aromatic rings. The van der Waals surface area contributed by atoms with Crippen LogP contribution in [0.4, 0.5) is 4.79 Å². The summed E-state index contributed by atoms with van der Waals surface area (Å²) in [5.74, 6) is -2.02. The monoisotopic (exact) mass is 445 g/mol. The smallest absolute Gasteiger partial charge is 0.407 e. The lowest BCUT2D eigenvalue weighted by Gasteiger charge is -2.17. The highest BCUT2D eigenvalue weighted by Crippen LogP contribution is 2.44. The summed E-state index contributed by atoms with van der Waals surface area (Å²) in [5, 5.41) is 12.0. The number of aromatic nitrogens is 1. The first-order chi connectivity index (χ1) is 16.0. The van der Waals surface area contributed by atoms with Crippen LogP contribution in [0.25, 0.3) is 11.1 Å². The molecule has 1 aliphatic carbocycles. The van der Waals surface area contributed by atoms with E-state index in [0.717, 1.165) is 22.3 Å². The Bertz CT molecular complexity index is 1160. The van der Waals surface area contributed by atoms with Gasteiger partial charge in [-0.1, -0.05) is 54.6 Å². The highest BCUT2D eigenvalue weighted by Gasteiger charge is 2.29. The van der Waals surface area contributed by atoms with E-state index in [2.05, 4.69) is 10.3 Å². The fraction of sp³-hybridized carbons (Fsp3) is 0.200. The molecule has 8 nitrogen and oxygen atoms in total. The van der Waals surface area contributed by atoms with E-state index in [-0.39, 0.29) is 31.1 Å². The van der Waals surface area contributed by atoms with Gasteiger partial charge in [0, 0.05) is 12.1 Å². The molecule has 2 aromatic carbocycles. The van der Waals surface area contributed by atoms with Crippen LogP contribution in [-0.4, -0.2) is 40.7 Å². The van der Waals surface area contributed by atoms with Crippen LogP contribution in [0.3, 0.4) is 0 Å². The molecule has 4 N–H and O–H groups in total. The van der Waals surface area contributed by atoms with Crippen molar-refractivity contribution in [2.45, 2.75) is 24.8 Å². The molecule has 168 valence electrons. The number of carbonyl (C=O) groups excluding carboxylic acids is 2. The summed E-state index contributed by atoms with van der Waals surface area (Å²) >= 11 is 0. The highest BCUT2D eigenvalue weighted by molar-refractivity contribution is 5.92. The molecule has 1 atom stereocenters. The Balaban J connectivity index is 1.40. The Morgan fingerprint density at radius 3 is 2.24 bits per heavy atom. The van der Waals surface area contributed by atoms with Gasteiger partial charge in [-0.3, -0.25) is 9.78 Å². The molecule has 0 spiro atoms. The number of carboxylic acid groups (broad SMARTS) is 1. The zero-order valence-electron chi connectivity index (χ0n) is 17.7. The largest absolute Gasteiger partial charge is 0.480 e. The Hall–Kier alpha value is -4.20. The summed E-state index contributed by atoms with van der Waals surface area (Å²) in [6, 6.07) is 18.0. The van der Waals surface area contributed by atoms with E-state index in [1.165, 1.54) is 6.20 Å². The number of aliphatic carboxylic acids is 1. The maximum absolute atomic E-state index is 12.4. The number of nitrogens with one attached hydrogen (secondary N) is 1. The van der Waals surface area contributed by atoms with Crippen molar-refractivity contribution in [1.29, 1.82) is 0 Å². The molecule has 2 amide bonds. The van der Waals surface area contributed by atoms with Crippen LogP contribution in [0.2, 0.25) is 0 Å². The van der Waals surface area contributed by atoms with E-state index in [9.17, 15) is 19.5 Å². The van der Waals surface area contributed by atoms with Crippen molar-refractivity contribution >= 4 is 18.0 Å². The number of pyridine rings is 1. The minimum Gasteiger partial charge on any atom is -0.480 e. The second kappa shape index (κ2) is 9.52. The molecule has 33 heavy (non-hydrogen) atoms. The van der Waals surface area contributed by atoms with Crippen molar-refractivity contribution in [3.05, 3.63) is 89.2 Å². The standard InChI is InChI=1S/C25H23N3O5/c26-23(29)22-15(6-5-13-27-22)11-12-21(24(30)31)28-25(32)33-14-20-18-9-3-1-7-16(18)17-8-2-4-10-19(17)20/h1-10,13,20-21H,11-12,14H2,(H2,26,29)(H,28,32)(H,30,31)/t21-/m0/s1. The van der Waals surface area contributed by atoms with Crippen molar-refractivity contribution in [3.63, 3.8) is 0 Å². The van der Waals surface area contributed by atoms with Gasteiger partial charge >= 0.3 is 12.1 Å². The average molecular weight is 445 g/mol. The number of primary amides is 1. The van der Waals surface area contributed by atoms with Crippen LogP contribution in [0, 0.1) is 0 Å². The van der Waals surface area contributed by atoms with Crippen LogP contribution >= 0.6 is 0 Å². The van der Waals surface area contributed by atoms with Crippen LogP contribution in [0.15, 0.2) is 66.9 Å². The number of alkyl carbamates (subject to hydrolysis) is 1. The van der Waals surface area contributed by atoms with Gasteiger partial charge in [-0.05, 0) is 46.7 Å². The van der Waals surface area contributed by atoms with Crippen molar-refractivity contribution in [1.82, 2.24) is 10.3 Å². The van der Waals surface area contributed by atoms with Crippen molar-refractivity contribution < 1.29 is 24.2 Å². The number of carboxylic acids is 1. The number of nitrogens with zero attached hydrogens (tertiary/aromatic N) is 1. The van der Waals surface area contributed by atoms with Gasteiger partial charge in [0.2, 0.25) is 0 Å². The van der Waals surface area contributed by atoms with Gasteiger partial charge in [-0.2, -0.15) is 0 Å². The Morgan fingerprint density at radius 1 is 1.00 bits per heavy atom. The maximum Gasteiger partial charge on any atom is 0.407 e. The second-order valence-electron chi connectivity index (χ2n) is 7.77. The van der Waals surface area contributed by atoms with Gasteiger partial charge in [-0.15, -0.1) is 0 Å². The Labute approximate surface area is 190 Å². The lowest BCUT2D eigenvalue weighted by Crippen LogP contribution is -2.41. The molecule has 4 rings (SSSR count). The Morgan fingerprint density at radius 2 is 1.64 bits per heavy atom. The predicted molar refractivity (Wildman–Crippen MR) is 121 cm³/mol. The first-order valence-electron chi connectivity index (χ1n) is 10.5. The minimum atomic E-state index is -1.20. The molecule has 0 radical (unpaired) electrons. The molecule has 0 fully saturated rings. The van der Waals surface area contributed by atoms with Crippen LogP contribution in [-0.2, 0) is 16.0 Å². The fourth-order valence-corrected chi connectivity index (χ4v) is 4.20. The van der Waals surface area contributed by atoms with Crippen molar-refractivity contribution in [2.75, 3.05) is 6.61 Å². The first kappa shape index (κ1) is 22.0. The molecule has 0 bridgehead atoms. The molecule has 8 heteroatoms. The number of hydrogen-bond acceptors (Lipinski definition) is 5. The maximum atomic E-state index is 12.4. The van der Waals surface area contributed by atoms with Gasteiger partial charge < -0.3 is 20.9 Å². The summed E-state index contributed by atoms with van der Waals surface area (Å²) in [6.45, 7) is 0.0840. The van der Waals surface area contributed by atoms with E-state index < -0.39 is 24.0 Å². The van der Waals surface area contributed by atoms with Crippen LogP contribution in [0.5, 0.6) is 0 Å². The number of fused-ring (bicyclic) bond motifs is 3. The SMILES string of the molecule is NC(=O)c1ncccc1CC[C@H](NC(=O)OCC1c2ccccc2-c2ccccc21)C(=O)O. The molecular formula is C25H23N3O5. The summed E-state index contributed by atoms with van der Waals surface area (Å²) in [7, 11) is 0. The third-order valence-electron chi connectivity index (χ3n) is 5.76. The minimum absolute atomic E-state index is 0.0471. The number of nitrogens with two attached hydrogens (primary N) is 1. The van der Waals surface area contributed by atoms with Crippen LogP contribution < -0.4 is 11.1 Å². The average Bonchev–Trinajstić information content (AvgIpc) is 3.14.